The highest BCUT2D eigenvalue weighted by molar-refractivity contribution is 6.35. The molecular weight excluding hydrogens is 536 g/mol. The highest BCUT2D eigenvalue weighted by Crippen LogP contribution is 2.39. The van der Waals surface area contributed by atoms with Gasteiger partial charge in [-0.05, 0) is 84.0 Å². The van der Waals surface area contributed by atoms with Crippen LogP contribution in [-0.2, 0) is 11.2 Å². The van der Waals surface area contributed by atoms with Crippen LogP contribution in [-0.4, -0.2) is 11.9 Å². The van der Waals surface area contributed by atoms with Crippen LogP contribution in [0.4, 0.5) is 0 Å². The summed E-state index contributed by atoms with van der Waals surface area (Å²) in [5.41, 5.74) is 4.68. The van der Waals surface area contributed by atoms with Gasteiger partial charge in [-0.2, -0.15) is 10.2 Å². The van der Waals surface area contributed by atoms with Crippen LogP contribution in [0.5, 0.6) is 0 Å². The molecule has 1 N–H and O–H groups in total. The Morgan fingerprint density at radius 2 is 1.58 bits per heavy atom. The van der Waals surface area contributed by atoms with Gasteiger partial charge in [0, 0.05) is 32.1 Å². The molecule has 2 aliphatic rings. The lowest BCUT2D eigenvalue weighted by Gasteiger charge is -2.25. The van der Waals surface area contributed by atoms with Gasteiger partial charge in [-0.15, -0.1) is 0 Å². The number of hydrogen-bond acceptors (Lipinski definition) is 3. The van der Waals surface area contributed by atoms with Crippen molar-refractivity contribution in [2.24, 2.45) is 10.2 Å². The molecule has 4 nitrogen and oxygen atoms in total. The molecule has 3 unspecified atom stereocenters. The van der Waals surface area contributed by atoms with Gasteiger partial charge < -0.3 is 5.32 Å². The monoisotopic (exact) mass is 557 g/mol. The lowest BCUT2D eigenvalue weighted by atomic mass is 9.92. The van der Waals surface area contributed by atoms with Gasteiger partial charge in [-0.1, -0.05) is 70.7 Å². The molecule has 3 aromatic rings. The second-order valence-corrected chi connectivity index (χ2v) is 10.8. The third-order valence-corrected chi connectivity index (χ3v) is 7.71. The van der Waals surface area contributed by atoms with Crippen LogP contribution in [0.25, 0.3) is 6.08 Å². The minimum Gasteiger partial charge on any atom is -0.343 e. The molecule has 0 aromatic heterocycles. The second-order valence-electron chi connectivity index (χ2n) is 9.08. The first kappa shape index (κ1) is 25.3. The van der Waals surface area contributed by atoms with Crippen LogP contribution in [0.15, 0.2) is 76.5 Å². The van der Waals surface area contributed by atoms with Gasteiger partial charge in [0.15, 0.2) is 0 Å². The minimum atomic E-state index is -0.461. The van der Waals surface area contributed by atoms with Crippen molar-refractivity contribution in [2.75, 3.05) is 0 Å². The van der Waals surface area contributed by atoms with E-state index in [4.69, 9.17) is 46.4 Å². The summed E-state index contributed by atoms with van der Waals surface area (Å²) in [6, 6.07) is 17.8. The van der Waals surface area contributed by atoms with Gasteiger partial charge in [0.05, 0.1) is 18.1 Å². The van der Waals surface area contributed by atoms with Crippen LogP contribution in [0.2, 0.25) is 20.1 Å². The minimum absolute atomic E-state index is 0.119. The first-order valence-electron chi connectivity index (χ1n) is 11.8. The molecule has 5 rings (SSSR count). The first-order chi connectivity index (χ1) is 17.4. The van der Waals surface area contributed by atoms with Crippen LogP contribution in [0, 0.1) is 0 Å². The van der Waals surface area contributed by atoms with Crippen LogP contribution in [0.1, 0.15) is 53.6 Å². The van der Waals surface area contributed by atoms with E-state index in [1.807, 2.05) is 54.6 Å². The molecule has 0 saturated heterocycles. The Hall–Kier alpha value is -2.37. The average molecular weight is 559 g/mol. The summed E-state index contributed by atoms with van der Waals surface area (Å²) in [6.07, 6.45) is 4.99. The number of fused-ring (bicyclic) bond motifs is 1. The largest absolute Gasteiger partial charge is 0.343 e. The summed E-state index contributed by atoms with van der Waals surface area (Å²) in [6.45, 7) is 0. The quantitative estimate of drug-likeness (QED) is 0.334. The highest BCUT2D eigenvalue weighted by Gasteiger charge is 2.34. The van der Waals surface area contributed by atoms with Crippen molar-refractivity contribution in [1.82, 2.24) is 5.32 Å². The van der Waals surface area contributed by atoms with Crippen molar-refractivity contribution in [3.05, 3.63) is 109 Å². The molecule has 1 amide bonds. The smallest absolute Gasteiger partial charge is 0.247 e. The number of rotatable bonds is 5. The predicted molar refractivity (Wildman–Crippen MR) is 147 cm³/mol. The molecule has 0 bridgehead atoms. The number of carbonyl (C=O) groups excluding carboxylic acids is 1. The summed E-state index contributed by atoms with van der Waals surface area (Å²) in [7, 11) is 0. The number of azo groups is 1. The van der Waals surface area contributed by atoms with Crippen molar-refractivity contribution in [3.8, 4) is 0 Å². The van der Waals surface area contributed by atoms with Gasteiger partial charge in [0.2, 0.25) is 5.91 Å². The Bertz CT molecular complexity index is 1350. The van der Waals surface area contributed by atoms with Gasteiger partial charge in [-0.3, -0.25) is 4.79 Å². The summed E-state index contributed by atoms with van der Waals surface area (Å²) in [4.78, 5) is 13.6. The normalized spacial score (nSPS) is 19.8. The number of nitrogens with zero attached hydrogens (tertiary/aromatic N) is 2. The van der Waals surface area contributed by atoms with Gasteiger partial charge in [0.1, 0.15) is 0 Å². The average Bonchev–Trinajstić information content (AvgIpc) is 3.24. The fourth-order valence-corrected chi connectivity index (χ4v) is 5.64. The van der Waals surface area contributed by atoms with Crippen molar-refractivity contribution in [2.45, 2.75) is 43.8 Å². The molecule has 0 fully saturated rings. The maximum atomic E-state index is 13.6. The molecule has 184 valence electrons. The summed E-state index contributed by atoms with van der Waals surface area (Å²) >= 11 is 25.0. The molecule has 3 aromatic carbocycles. The van der Waals surface area contributed by atoms with Gasteiger partial charge in [-0.25, -0.2) is 0 Å². The zero-order valence-corrected chi connectivity index (χ0v) is 22.2. The second kappa shape index (κ2) is 10.9. The molecular formula is C28H23Cl4N3O. The number of aryl methyl sites for hydroxylation is 1. The Morgan fingerprint density at radius 3 is 2.36 bits per heavy atom. The zero-order chi connectivity index (χ0) is 25.2. The third kappa shape index (κ3) is 5.63. The Balaban J connectivity index is 1.42. The van der Waals surface area contributed by atoms with Crippen LogP contribution in [0.3, 0.4) is 0 Å². The molecule has 1 heterocycles. The van der Waals surface area contributed by atoms with Crippen molar-refractivity contribution in [3.63, 3.8) is 0 Å². The van der Waals surface area contributed by atoms with Crippen molar-refractivity contribution < 1.29 is 4.79 Å². The maximum Gasteiger partial charge on any atom is 0.247 e. The topological polar surface area (TPSA) is 53.8 Å². The number of nitrogens with one attached hydrogen (secondary N) is 1. The number of hydrogen-bond donors (Lipinski definition) is 1. The van der Waals surface area contributed by atoms with E-state index in [0.29, 0.717) is 32.9 Å². The molecule has 1 aliphatic carbocycles. The lowest BCUT2D eigenvalue weighted by Crippen LogP contribution is -2.36. The fraction of sp³-hybridized carbons (Fsp3) is 0.250. The van der Waals surface area contributed by atoms with E-state index in [1.54, 1.807) is 12.1 Å². The predicted octanol–water partition coefficient (Wildman–Crippen LogP) is 8.84. The zero-order valence-electron chi connectivity index (χ0n) is 19.2. The number of carbonyl (C=O) groups is 1. The Morgan fingerprint density at radius 1 is 0.861 bits per heavy atom. The number of amides is 1. The van der Waals surface area contributed by atoms with Crippen molar-refractivity contribution >= 4 is 58.4 Å². The van der Waals surface area contributed by atoms with Crippen LogP contribution >= 0.6 is 46.4 Å². The van der Waals surface area contributed by atoms with E-state index in [1.165, 1.54) is 0 Å². The lowest BCUT2D eigenvalue weighted by molar-refractivity contribution is -0.118. The molecule has 8 heteroatoms. The van der Waals surface area contributed by atoms with Crippen LogP contribution < -0.4 is 5.32 Å². The highest BCUT2D eigenvalue weighted by atomic mass is 35.5. The van der Waals surface area contributed by atoms with E-state index in [9.17, 15) is 4.79 Å². The van der Waals surface area contributed by atoms with Crippen molar-refractivity contribution in [1.29, 1.82) is 0 Å². The molecule has 1 aliphatic heterocycles. The number of benzene rings is 3. The summed E-state index contributed by atoms with van der Waals surface area (Å²) in [5, 5.41) is 14.7. The van der Waals surface area contributed by atoms with Gasteiger partial charge >= 0.3 is 0 Å². The molecule has 0 saturated carbocycles. The fourth-order valence-electron chi connectivity index (χ4n) is 4.79. The van der Waals surface area contributed by atoms with E-state index >= 15 is 0 Å². The standard InChI is InChI=1S/C28H23Cl4N3O/c29-20-7-4-16(5-8-20)25-15-26(35-34-25)27(23-11-10-22(31)14-24(23)32)33-28(36)19-3-1-2-17-13-21(30)9-6-18(17)12-19/h4-14,25-27H,1-3,15H2,(H,33,36). The molecule has 3 atom stereocenters. The summed E-state index contributed by atoms with van der Waals surface area (Å²) in [5.74, 6) is -0.140. The van der Waals surface area contributed by atoms with E-state index in [0.717, 1.165) is 40.7 Å². The first-order valence-corrected chi connectivity index (χ1v) is 13.3. The SMILES string of the molecule is O=C(NC(c1ccc(Cl)cc1Cl)C1CC(c2ccc(Cl)cc2)N=N1)C1=Cc2ccc(Cl)cc2CCC1. The molecule has 36 heavy (non-hydrogen) atoms. The Labute approximate surface area is 230 Å². The number of halogens is 4. The van der Waals surface area contributed by atoms with E-state index in [-0.39, 0.29) is 18.0 Å². The van der Waals surface area contributed by atoms with Gasteiger partial charge in [0.25, 0.3) is 0 Å². The maximum absolute atomic E-state index is 13.6. The molecule has 0 spiro atoms. The van der Waals surface area contributed by atoms with E-state index in [2.05, 4.69) is 15.5 Å². The van der Waals surface area contributed by atoms with E-state index < -0.39 is 6.04 Å². The third-order valence-electron chi connectivity index (χ3n) is 6.66. The molecule has 0 radical (unpaired) electrons. The Kier molecular flexibility index (Phi) is 7.68. The summed E-state index contributed by atoms with van der Waals surface area (Å²) < 4.78 is 0.